The van der Waals surface area contributed by atoms with Gasteiger partial charge in [-0.25, -0.2) is 0 Å². The SMILES string of the molecule is CC1CCC(Br)C(CC2CCC3(CCCCC3)O2)C1. The summed E-state index contributed by atoms with van der Waals surface area (Å²) in [5.74, 6) is 1.77. The van der Waals surface area contributed by atoms with Crippen LogP contribution in [-0.2, 0) is 4.74 Å². The average Bonchev–Trinajstić information content (AvgIpc) is 2.78. The first-order chi connectivity index (χ1) is 9.17. The van der Waals surface area contributed by atoms with Gasteiger partial charge in [0, 0.05) is 4.83 Å². The van der Waals surface area contributed by atoms with Gasteiger partial charge in [0.1, 0.15) is 0 Å². The standard InChI is InChI=1S/C17H29BrO/c1-13-5-6-16(18)14(11-13)12-15-7-10-17(19-15)8-3-2-4-9-17/h13-16H,2-12H2,1H3. The van der Waals surface area contributed by atoms with Crippen molar-refractivity contribution in [2.24, 2.45) is 11.8 Å². The largest absolute Gasteiger partial charge is 0.372 e. The van der Waals surface area contributed by atoms with Crippen LogP contribution in [0, 0.1) is 11.8 Å². The molecule has 19 heavy (non-hydrogen) atoms. The highest BCUT2D eigenvalue weighted by molar-refractivity contribution is 9.09. The molecular formula is C17H29BrO. The molecule has 0 aromatic rings. The zero-order chi connectivity index (χ0) is 13.3. The predicted octanol–water partition coefficient (Wildman–Crippen LogP) is 5.46. The molecule has 3 rings (SSSR count). The van der Waals surface area contributed by atoms with Gasteiger partial charge in [-0.05, 0) is 63.2 Å². The van der Waals surface area contributed by atoms with Crippen LogP contribution in [0.15, 0.2) is 0 Å². The molecule has 2 heteroatoms. The molecule has 1 saturated heterocycles. The van der Waals surface area contributed by atoms with Gasteiger partial charge in [0.05, 0.1) is 11.7 Å². The molecule has 0 aromatic heterocycles. The van der Waals surface area contributed by atoms with Gasteiger partial charge in [0.15, 0.2) is 0 Å². The Morgan fingerprint density at radius 1 is 1.05 bits per heavy atom. The summed E-state index contributed by atoms with van der Waals surface area (Å²) in [6.07, 6.45) is 15.6. The summed E-state index contributed by atoms with van der Waals surface area (Å²) in [5, 5.41) is 0. The highest BCUT2D eigenvalue weighted by Crippen LogP contribution is 2.45. The zero-order valence-corrected chi connectivity index (χ0v) is 14.0. The van der Waals surface area contributed by atoms with Crippen LogP contribution in [0.25, 0.3) is 0 Å². The number of ether oxygens (including phenoxy) is 1. The number of hydrogen-bond donors (Lipinski definition) is 0. The summed E-state index contributed by atoms with van der Waals surface area (Å²) < 4.78 is 6.56. The third kappa shape index (κ3) is 3.37. The smallest absolute Gasteiger partial charge is 0.0687 e. The fraction of sp³-hybridized carbons (Fsp3) is 1.00. The Bertz CT molecular complexity index is 298. The highest BCUT2D eigenvalue weighted by atomic mass is 79.9. The second-order valence-electron chi connectivity index (χ2n) is 7.45. The summed E-state index contributed by atoms with van der Waals surface area (Å²) in [7, 11) is 0. The van der Waals surface area contributed by atoms with Crippen molar-refractivity contribution in [2.45, 2.75) is 94.1 Å². The van der Waals surface area contributed by atoms with Gasteiger partial charge in [-0.1, -0.05) is 42.1 Å². The van der Waals surface area contributed by atoms with Crippen LogP contribution in [0.5, 0.6) is 0 Å². The molecule has 1 spiro atoms. The van der Waals surface area contributed by atoms with E-state index >= 15 is 0 Å². The Morgan fingerprint density at radius 2 is 1.84 bits per heavy atom. The molecule has 0 N–H and O–H groups in total. The van der Waals surface area contributed by atoms with Crippen molar-refractivity contribution in [1.82, 2.24) is 0 Å². The Hall–Kier alpha value is 0.440. The van der Waals surface area contributed by atoms with E-state index in [1.807, 2.05) is 0 Å². The summed E-state index contributed by atoms with van der Waals surface area (Å²) in [4.78, 5) is 0.746. The molecule has 1 heterocycles. The predicted molar refractivity (Wildman–Crippen MR) is 83.8 cm³/mol. The molecule has 1 nitrogen and oxygen atoms in total. The second-order valence-corrected chi connectivity index (χ2v) is 8.63. The van der Waals surface area contributed by atoms with Crippen molar-refractivity contribution in [3.63, 3.8) is 0 Å². The van der Waals surface area contributed by atoms with Gasteiger partial charge in [-0.15, -0.1) is 0 Å². The van der Waals surface area contributed by atoms with Crippen molar-refractivity contribution < 1.29 is 4.74 Å². The van der Waals surface area contributed by atoms with Crippen molar-refractivity contribution in [2.75, 3.05) is 0 Å². The molecule has 0 radical (unpaired) electrons. The number of hydrogen-bond acceptors (Lipinski definition) is 1. The molecule has 0 aromatic carbocycles. The van der Waals surface area contributed by atoms with Gasteiger partial charge >= 0.3 is 0 Å². The van der Waals surface area contributed by atoms with E-state index in [1.54, 1.807) is 0 Å². The molecule has 2 saturated carbocycles. The van der Waals surface area contributed by atoms with E-state index in [-0.39, 0.29) is 0 Å². The van der Waals surface area contributed by atoms with Gasteiger partial charge in [-0.2, -0.15) is 0 Å². The maximum atomic E-state index is 6.56. The van der Waals surface area contributed by atoms with E-state index in [9.17, 15) is 0 Å². The Kier molecular flexibility index (Phi) is 4.58. The van der Waals surface area contributed by atoms with Crippen LogP contribution in [0.1, 0.15) is 77.6 Å². The Labute approximate surface area is 127 Å². The highest BCUT2D eigenvalue weighted by Gasteiger charge is 2.42. The first-order valence-corrected chi connectivity index (χ1v) is 9.40. The Balaban J connectivity index is 1.53. The minimum atomic E-state index is 0.311. The quantitative estimate of drug-likeness (QED) is 0.611. The van der Waals surface area contributed by atoms with Crippen LogP contribution in [-0.4, -0.2) is 16.5 Å². The van der Waals surface area contributed by atoms with E-state index in [2.05, 4.69) is 22.9 Å². The minimum absolute atomic E-state index is 0.311. The first-order valence-electron chi connectivity index (χ1n) is 8.49. The molecule has 2 aliphatic carbocycles. The minimum Gasteiger partial charge on any atom is -0.372 e. The molecule has 3 fully saturated rings. The molecule has 3 aliphatic rings. The summed E-state index contributed by atoms with van der Waals surface area (Å²) in [5.41, 5.74) is 0.311. The lowest BCUT2D eigenvalue weighted by molar-refractivity contribution is -0.0712. The molecule has 4 unspecified atom stereocenters. The van der Waals surface area contributed by atoms with Gasteiger partial charge < -0.3 is 4.74 Å². The van der Waals surface area contributed by atoms with E-state index in [4.69, 9.17) is 4.74 Å². The van der Waals surface area contributed by atoms with Crippen LogP contribution in [0.4, 0.5) is 0 Å². The third-order valence-corrected chi connectivity index (χ3v) is 7.03. The molecule has 0 bridgehead atoms. The lowest BCUT2D eigenvalue weighted by Gasteiger charge is -2.36. The fourth-order valence-electron chi connectivity index (χ4n) is 4.67. The third-order valence-electron chi connectivity index (χ3n) is 5.82. The summed E-state index contributed by atoms with van der Waals surface area (Å²) in [6.45, 7) is 2.42. The summed E-state index contributed by atoms with van der Waals surface area (Å²) in [6, 6.07) is 0. The van der Waals surface area contributed by atoms with Gasteiger partial charge in [0.2, 0.25) is 0 Å². The molecule has 1 aliphatic heterocycles. The topological polar surface area (TPSA) is 9.23 Å². The van der Waals surface area contributed by atoms with Crippen molar-refractivity contribution in [3.05, 3.63) is 0 Å². The first kappa shape index (κ1) is 14.4. The maximum Gasteiger partial charge on any atom is 0.0687 e. The van der Waals surface area contributed by atoms with Crippen LogP contribution < -0.4 is 0 Å². The molecule has 4 atom stereocenters. The zero-order valence-electron chi connectivity index (χ0n) is 12.4. The summed E-state index contributed by atoms with van der Waals surface area (Å²) >= 11 is 3.92. The van der Waals surface area contributed by atoms with Gasteiger partial charge in [-0.3, -0.25) is 0 Å². The van der Waals surface area contributed by atoms with E-state index in [0.717, 1.165) is 16.7 Å². The molecule has 0 amide bonds. The lowest BCUT2D eigenvalue weighted by atomic mass is 9.79. The van der Waals surface area contributed by atoms with Gasteiger partial charge in [0.25, 0.3) is 0 Å². The van der Waals surface area contributed by atoms with E-state index in [1.165, 1.54) is 70.6 Å². The van der Waals surface area contributed by atoms with Crippen molar-refractivity contribution in [3.8, 4) is 0 Å². The fourth-order valence-corrected chi connectivity index (χ4v) is 5.36. The lowest BCUT2D eigenvalue weighted by Crippen LogP contribution is -2.33. The van der Waals surface area contributed by atoms with E-state index in [0.29, 0.717) is 11.7 Å². The van der Waals surface area contributed by atoms with Crippen molar-refractivity contribution >= 4 is 15.9 Å². The maximum absolute atomic E-state index is 6.56. The average molecular weight is 329 g/mol. The number of halogens is 1. The van der Waals surface area contributed by atoms with Crippen molar-refractivity contribution in [1.29, 1.82) is 0 Å². The number of alkyl halides is 1. The number of rotatable bonds is 2. The van der Waals surface area contributed by atoms with E-state index < -0.39 is 0 Å². The Morgan fingerprint density at radius 3 is 2.63 bits per heavy atom. The van der Waals surface area contributed by atoms with Crippen LogP contribution in [0.2, 0.25) is 0 Å². The molecular weight excluding hydrogens is 300 g/mol. The molecule has 110 valence electrons. The van der Waals surface area contributed by atoms with Crippen LogP contribution >= 0.6 is 15.9 Å². The van der Waals surface area contributed by atoms with Crippen LogP contribution in [0.3, 0.4) is 0 Å². The monoisotopic (exact) mass is 328 g/mol. The normalized spacial score (nSPS) is 42.6. The second kappa shape index (κ2) is 6.05.